The Morgan fingerprint density at radius 1 is 1.02 bits per heavy atom. The zero-order chi connectivity index (χ0) is 32.2. The third-order valence-corrected chi connectivity index (χ3v) is 10.4. The fraction of sp³-hybridized carbons (Fsp3) is 0.514. The molecule has 2 amide bonds. The van der Waals surface area contributed by atoms with Crippen molar-refractivity contribution in [2.75, 3.05) is 26.8 Å². The molecule has 4 aliphatic rings. The van der Waals surface area contributed by atoms with Crippen LogP contribution in [0.1, 0.15) is 63.0 Å². The van der Waals surface area contributed by atoms with Gasteiger partial charge in [0.1, 0.15) is 5.75 Å². The van der Waals surface area contributed by atoms with Gasteiger partial charge in [0.25, 0.3) is 0 Å². The lowest BCUT2D eigenvalue weighted by atomic mass is 9.58. The van der Waals surface area contributed by atoms with Crippen molar-refractivity contribution in [3.63, 3.8) is 0 Å². The number of allylic oxidation sites excluding steroid dienone is 1. The predicted octanol–water partition coefficient (Wildman–Crippen LogP) is 5.46. The largest absolute Gasteiger partial charge is 0.508 e. The van der Waals surface area contributed by atoms with E-state index in [2.05, 4.69) is 42.2 Å². The number of hydrogen-bond acceptors (Lipinski definition) is 7. The average Bonchev–Trinajstić information content (AvgIpc) is 3.30. The summed E-state index contributed by atoms with van der Waals surface area (Å²) in [4.78, 5) is 32.2. The molecule has 2 N–H and O–H groups in total. The summed E-state index contributed by atoms with van der Waals surface area (Å²) in [6.07, 6.45) is 7.57. The second-order valence-electron chi connectivity index (χ2n) is 13.5. The molecule has 3 heterocycles. The Bertz CT molecular complexity index is 1440. The van der Waals surface area contributed by atoms with Crippen LogP contribution in [0.2, 0.25) is 6.32 Å². The van der Waals surface area contributed by atoms with E-state index in [-0.39, 0.29) is 35.6 Å². The number of ether oxygens (including phenoxy) is 1. The van der Waals surface area contributed by atoms with Crippen molar-refractivity contribution < 1.29 is 29.1 Å². The lowest BCUT2D eigenvalue weighted by Crippen LogP contribution is -2.48. The number of methoxy groups -OCH3 is 1. The molecule has 9 heteroatoms. The first kappa shape index (κ1) is 32.7. The molecule has 0 bridgehead atoms. The fourth-order valence-corrected chi connectivity index (χ4v) is 8.35. The van der Waals surface area contributed by atoms with Gasteiger partial charge in [0, 0.05) is 32.8 Å². The molecular formula is C37H47BN2O6. The second-order valence-corrected chi connectivity index (χ2v) is 13.5. The molecule has 0 radical (unpaired) electrons. The summed E-state index contributed by atoms with van der Waals surface area (Å²) in [7, 11) is 0.675. The van der Waals surface area contributed by atoms with E-state index in [1.54, 1.807) is 24.1 Å². The summed E-state index contributed by atoms with van der Waals surface area (Å²) in [6, 6.07) is 17.5. The summed E-state index contributed by atoms with van der Waals surface area (Å²) in [6.45, 7) is 5.11. The molecule has 1 aliphatic carbocycles. The van der Waals surface area contributed by atoms with Crippen molar-refractivity contribution in [1.82, 2.24) is 9.80 Å². The minimum Gasteiger partial charge on any atom is -0.508 e. The van der Waals surface area contributed by atoms with Crippen LogP contribution in [0.25, 0.3) is 6.08 Å². The molecule has 0 aromatic heterocycles. The van der Waals surface area contributed by atoms with Crippen molar-refractivity contribution in [3.05, 3.63) is 82.4 Å². The first-order valence-electron chi connectivity index (χ1n) is 17.0. The molecule has 0 spiro atoms. The molecule has 3 aliphatic heterocycles. The van der Waals surface area contributed by atoms with Crippen LogP contribution >= 0.6 is 0 Å². The number of piperidine rings is 1. The van der Waals surface area contributed by atoms with E-state index >= 15 is 0 Å². The fourth-order valence-electron chi connectivity index (χ4n) is 8.35. The van der Waals surface area contributed by atoms with E-state index in [0.29, 0.717) is 25.8 Å². The molecule has 2 aromatic rings. The number of amides is 2. The predicted molar refractivity (Wildman–Crippen MR) is 178 cm³/mol. The van der Waals surface area contributed by atoms with Crippen LogP contribution < -0.4 is 0 Å². The Morgan fingerprint density at radius 3 is 2.46 bits per heavy atom. The standard InChI is InChI=1S/C37H47BN2O6/c1-3-7-25(20-26-10-13-30(41)14-11-26)12-15-33-34-28(24-45-2)21-31-35(32(34)22-38(44)46-33)37(43)40(36(31)42)29-16-18-39(19-17-29)23-27-8-5-4-6-9-27/h4-6,8-11,13-14,20,29,31-33,35,41,44H,3,7,12,15-19,21-24H2,1-2H3/b25-20+/t31-,32+,33-,35-/m1/s1. The highest BCUT2D eigenvalue weighted by Gasteiger charge is 2.58. The molecule has 6 rings (SSSR count). The topological polar surface area (TPSA) is 99.5 Å². The van der Waals surface area contributed by atoms with Crippen LogP contribution in [-0.2, 0) is 25.5 Å². The van der Waals surface area contributed by atoms with Crippen molar-refractivity contribution in [2.24, 2.45) is 17.8 Å². The van der Waals surface area contributed by atoms with Crippen LogP contribution in [0.3, 0.4) is 0 Å². The Balaban J connectivity index is 1.18. The van der Waals surface area contributed by atoms with Gasteiger partial charge in [0.05, 0.1) is 24.5 Å². The molecule has 46 heavy (non-hydrogen) atoms. The van der Waals surface area contributed by atoms with Gasteiger partial charge in [-0.2, -0.15) is 0 Å². The monoisotopic (exact) mass is 626 g/mol. The van der Waals surface area contributed by atoms with Crippen molar-refractivity contribution in [1.29, 1.82) is 0 Å². The third kappa shape index (κ3) is 7.03. The maximum atomic E-state index is 14.2. The van der Waals surface area contributed by atoms with Crippen LogP contribution in [0.4, 0.5) is 0 Å². The zero-order valence-electron chi connectivity index (χ0n) is 27.1. The third-order valence-electron chi connectivity index (χ3n) is 10.4. The van der Waals surface area contributed by atoms with Gasteiger partial charge in [0.2, 0.25) is 11.8 Å². The highest BCUT2D eigenvalue weighted by atomic mass is 16.5. The average molecular weight is 627 g/mol. The SMILES string of the molecule is CCC/C(=C\c1ccc(O)cc1)CC[C@H]1OB(O)C[C@H]2C1=C(COC)C[C@H]1C(=O)N(C3CCN(Cc4ccccc4)CC3)C(=O)[C@H]12. The Morgan fingerprint density at radius 2 is 1.76 bits per heavy atom. The van der Waals surface area contributed by atoms with Gasteiger partial charge in [-0.15, -0.1) is 0 Å². The summed E-state index contributed by atoms with van der Waals surface area (Å²) >= 11 is 0. The number of rotatable bonds is 11. The summed E-state index contributed by atoms with van der Waals surface area (Å²) in [5.74, 6) is -0.997. The zero-order valence-corrected chi connectivity index (χ0v) is 27.1. The van der Waals surface area contributed by atoms with Crippen LogP contribution in [0.5, 0.6) is 5.75 Å². The van der Waals surface area contributed by atoms with Gasteiger partial charge in [-0.05, 0) is 85.2 Å². The van der Waals surface area contributed by atoms with Crippen molar-refractivity contribution >= 4 is 25.0 Å². The van der Waals surface area contributed by atoms with Crippen molar-refractivity contribution in [3.8, 4) is 5.75 Å². The van der Waals surface area contributed by atoms with E-state index in [1.165, 1.54) is 11.1 Å². The van der Waals surface area contributed by atoms with Gasteiger partial charge >= 0.3 is 7.12 Å². The van der Waals surface area contributed by atoms with Gasteiger partial charge in [0.15, 0.2) is 0 Å². The molecule has 0 unspecified atom stereocenters. The normalized spacial score (nSPS) is 26.1. The molecule has 4 atom stereocenters. The quantitative estimate of drug-likeness (QED) is 0.194. The molecule has 244 valence electrons. The molecule has 0 saturated carbocycles. The number of nitrogens with zero attached hydrogens (tertiary/aromatic N) is 2. The first-order chi connectivity index (χ1) is 22.4. The number of fused-ring (bicyclic) bond motifs is 3. The number of benzene rings is 2. The van der Waals surface area contributed by atoms with E-state index < -0.39 is 19.0 Å². The van der Waals surface area contributed by atoms with E-state index in [4.69, 9.17) is 9.39 Å². The van der Waals surface area contributed by atoms with Gasteiger partial charge in [-0.3, -0.25) is 19.4 Å². The maximum absolute atomic E-state index is 14.2. The number of carbonyl (C=O) groups excluding carboxylic acids is 2. The summed E-state index contributed by atoms with van der Waals surface area (Å²) < 4.78 is 11.9. The smallest absolute Gasteiger partial charge is 0.455 e. The highest BCUT2D eigenvalue weighted by molar-refractivity contribution is 6.43. The van der Waals surface area contributed by atoms with Gasteiger partial charge in [-0.25, -0.2) is 0 Å². The van der Waals surface area contributed by atoms with E-state index in [9.17, 15) is 19.7 Å². The van der Waals surface area contributed by atoms with Crippen molar-refractivity contribution in [2.45, 2.75) is 76.9 Å². The number of aromatic hydroxyl groups is 1. The van der Waals surface area contributed by atoms with Gasteiger partial charge < -0.3 is 19.5 Å². The lowest BCUT2D eigenvalue weighted by molar-refractivity contribution is -0.144. The van der Waals surface area contributed by atoms with E-state index in [0.717, 1.165) is 68.4 Å². The van der Waals surface area contributed by atoms with Crippen LogP contribution in [0.15, 0.2) is 71.3 Å². The Hall–Kier alpha value is -3.24. The number of imide groups is 1. The summed E-state index contributed by atoms with van der Waals surface area (Å²) in [5.41, 5.74) is 5.69. The molecular weight excluding hydrogens is 579 g/mol. The van der Waals surface area contributed by atoms with Crippen LogP contribution in [0, 0.1) is 17.8 Å². The maximum Gasteiger partial charge on any atom is 0.455 e. The molecule has 8 nitrogen and oxygen atoms in total. The molecule has 3 fully saturated rings. The number of carbonyl (C=O) groups is 2. The number of likely N-dealkylation sites (tertiary alicyclic amines) is 2. The Kier molecular flexibility index (Phi) is 10.4. The molecule has 2 aromatic carbocycles. The molecule has 3 saturated heterocycles. The minimum atomic E-state index is -0.991. The van der Waals surface area contributed by atoms with E-state index in [1.807, 2.05) is 18.2 Å². The highest BCUT2D eigenvalue weighted by Crippen LogP contribution is 2.51. The number of phenols is 1. The number of phenolic OH excluding ortho intramolecular Hbond substituents is 1. The second kappa shape index (κ2) is 14.7. The minimum absolute atomic E-state index is 0.0521. The summed E-state index contributed by atoms with van der Waals surface area (Å²) in [5, 5.41) is 20.7. The lowest BCUT2D eigenvalue weighted by Gasteiger charge is -2.43. The Labute approximate surface area is 273 Å². The number of hydrogen-bond donors (Lipinski definition) is 2. The first-order valence-corrected chi connectivity index (χ1v) is 17.0. The van der Waals surface area contributed by atoms with Gasteiger partial charge in [-0.1, -0.05) is 67.5 Å². The van der Waals surface area contributed by atoms with Crippen LogP contribution in [-0.4, -0.2) is 77.8 Å².